The lowest BCUT2D eigenvalue weighted by atomic mass is 10.2. The molecule has 86 valence electrons. The van der Waals surface area contributed by atoms with Crippen LogP contribution in [0.4, 0.5) is 10.1 Å². The molecular weight excluding hydrogens is 277 g/mol. The van der Waals surface area contributed by atoms with Crippen molar-refractivity contribution in [2.45, 2.75) is 19.4 Å². The third kappa shape index (κ3) is 1.97. The van der Waals surface area contributed by atoms with Gasteiger partial charge in [0.05, 0.1) is 23.5 Å². The quantitative estimate of drug-likeness (QED) is 0.858. The van der Waals surface area contributed by atoms with Crippen molar-refractivity contribution in [1.82, 2.24) is 0 Å². The summed E-state index contributed by atoms with van der Waals surface area (Å²) in [4.78, 5) is 13.0. The maximum absolute atomic E-state index is 13.4. The number of amides is 1. The number of aliphatic hydroxyl groups excluding tert-OH is 1. The fourth-order valence-electron chi connectivity index (χ4n) is 1.85. The first-order chi connectivity index (χ1) is 7.49. The monoisotopic (exact) mass is 287 g/mol. The highest BCUT2D eigenvalue weighted by Gasteiger charge is 2.30. The molecule has 1 N–H and O–H groups in total. The molecule has 1 aromatic carbocycles. The molecule has 5 heteroatoms. The lowest BCUT2D eigenvalue weighted by Crippen LogP contribution is -2.26. The molecule has 1 aliphatic rings. The van der Waals surface area contributed by atoms with Crippen LogP contribution in [-0.2, 0) is 4.79 Å². The zero-order valence-electron chi connectivity index (χ0n) is 8.70. The standard InChI is InChI=1S/C11H11BrFNO2/c1-6-2-8(12)9(13)4-10(6)14-5-7(15)3-11(14)16/h2,4,7,15H,3,5H2,1H3. The Balaban J connectivity index is 2.41. The third-order valence-electron chi connectivity index (χ3n) is 2.63. The Bertz CT molecular complexity index is 450. The summed E-state index contributed by atoms with van der Waals surface area (Å²) in [5.41, 5.74) is 1.33. The number of anilines is 1. The van der Waals surface area contributed by atoms with E-state index < -0.39 is 11.9 Å². The fourth-order valence-corrected chi connectivity index (χ4v) is 2.31. The van der Waals surface area contributed by atoms with Crippen molar-refractivity contribution >= 4 is 27.5 Å². The Morgan fingerprint density at radius 2 is 2.25 bits per heavy atom. The molecule has 1 amide bonds. The fraction of sp³-hybridized carbons (Fsp3) is 0.364. The Morgan fingerprint density at radius 3 is 2.81 bits per heavy atom. The van der Waals surface area contributed by atoms with Gasteiger partial charge in [0.25, 0.3) is 0 Å². The summed E-state index contributed by atoms with van der Waals surface area (Å²) in [7, 11) is 0. The Kier molecular flexibility index (Phi) is 2.99. The van der Waals surface area contributed by atoms with E-state index in [0.29, 0.717) is 10.2 Å². The third-order valence-corrected chi connectivity index (χ3v) is 3.24. The van der Waals surface area contributed by atoms with Gasteiger partial charge in [0.2, 0.25) is 5.91 Å². The zero-order chi connectivity index (χ0) is 11.9. The number of hydrogen-bond acceptors (Lipinski definition) is 2. The number of aryl methyl sites for hydroxylation is 1. The maximum atomic E-state index is 13.4. The van der Waals surface area contributed by atoms with Crippen LogP contribution < -0.4 is 4.90 Å². The second-order valence-electron chi connectivity index (χ2n) is 3.92. The average molecular weight is 288 g/mol. The zero-order valence-corrected chi connectivity index (χ0v) is 10.3. The average Bonchev–Trinajstić information content (AvgIpc) is 2.51. The van der Waals surface area contributed by atoms with E-state index in [-0.39, 0.29) is 18.9 Å². The highest BCUT2D eigenvalue weighted by molar-refractivity contribution is 9.10. The topological polar surface area (TPSA) is 40.5 Å². The summed E-state index contributed by atoms with van der Waals surface area (Å²) < 4.78 is 13.8. The summed E-state index contributed by atoms with van der Waals surface area (Å²) in [5, 5.41) is 9.38. The molecule has 0 aliphatic carbocycles. The summed E-state index contributed by atoms with van der Waals surface area (Å²) in [6.07, 6.45) is -0.546. The minimum Gasteiger partial charge on any atom is -0.391 e. The molecule has 0 spiro atoms. The van der Waals surface area contributed by atoms with Crippen LogP contribution in [0.15, 0.2) is 16.6 Å². The van der Waals surface area contributed by atoms with E-state index >= 15 is 0 Å². The van der Waals surface area contributed by atoms with Crippen molar-refractivity contribution in [3.63, 3.8) is 0 Å². The van der Waals surface area contributed by atoms with Gasteiger partial charge in [-0.05, 0) is 40.5 Å². The van der Waals surface area contributed by atoms with Crippen LogP contribution in [0.5, 0.6) is 0 Å². The Labute approximate surface area is 101 Å². The largest absolute Gasteiger partial charge is 0.391 e. The lowest BCUT2D eigenvalue weighted by molar-refractivity contribution is -0.117. The number of nitrogens with zero attached hydrogens (tertiary/aromatic N) is 1. The van der Waals surface area contributed by atoms with Crippen LogP contribution in [0.25, 0.3) is 0 Å². The molecule has 1 saturated heterocycles. The molecule has 2 rings (SSSR count). The number of carbonyl (C=O) groups is 1. The molecule has 0 radical (unpaired) electrons. The number of hydrogen-bond donors (Lipinski definition) is 1. The minimum absolute atomic E-state index is 0.108. The first-order valence-electron chi connectivity index (χ1n) is 4.93. The number of aliphatic hydroxyl groups is 1. The second kappa shape index (κ2) is 4.14. The molecule has 3 nitrogen and oxygen atoms in total. The predicted molar refractivity (Wildman–Crippen MR) is 61.8 cm³/mol. The van der Waals surface area contributed by atoms with Gasteiger partial charge in [-0.2, -0.15) is 0 Å². The van der Waals surface area contributed by atoms with Gasteiger partial charge in [0.1, 0.15) is 5.82 Å². The molecule has 1 heterocycles. The summed E-state index contributed by atoms with van der Waals surface area (Å²) in [5.74, 6) is -0.577. The lowest BCUT2D eigenvalue weighted by Gasteiger charge is -2.18. The minimum atomic E-state index is -0.654. The van der Waals surface area contributed by atoms with Gasteiger partial charge in [-0.25, -0.2) is 4.39 Å². The Hall–Kier alpha value is -0.940. The molecule has 1 unspecified atom stereocenters. The van der Waals surface area contributed by atoms with E-state index in [1.54, 1.807) is 13.0 Å². The maximum Gasteiger partial charge on any atom is 0.229 e. The predicted octanol–water partition coefficient (Wildman–Crippen LogP) is 1.99. The number of benzene rings is 1. The molecule has 16 heavy (non-hydrogen) atoms. The van der Waals surface area contributed by atoms with E-state index in [4.69, 9.17) is 0 Å². The van der Waals surface area contributed by atoms with Gasteiger partial charge in [-0.1, -0.05) is 0 Å². The summed E-state index contributed by atoms with van der Waals surface area (Å²) in [6.45, 7) is 2.04. The highest BCUT2D eigenvalue weighted by atomic mass is 79.9. The van der Waals surface area contributed by atoms with Gasteiger partial charge < -0.3 is 10.0 Å². The smallest absolute Gasteiger partial charge is 0.229 e. The van der Waals surface area contributed by atoms with E-state index in [9.17, 15) is 14.3 Å². The van der Waals surface area contributed by atoms with Crippen LogP contribution in [0.3, 0.4) is 0 Å². The van der Waals surface area contributed by atoms with Gasteiger partial charge in [0, 0.05) is 5.69 Å². The van der Waals surface area contributed by atoms with Crippen molar-refractivity contribution in [3.05, 3.63) is 28.0 Å². The SMILES string of the molecule is Cc1cc(Br)c(F)cc1N1CC(O)CC1=O. The van der Waals surface area contributed by atoms with Crippen molar-refractivity contribution in [2.24, 2.45) is 0 Å². The number of rotatable bonds is 1. The molecule has 1 fully saturated rings. The van der Waals surface area contributed by atoms with Crippen LogP contribution in [0.2, 0.25) is 0 Å². The van der Waals surface area contributed by atoms with E-state index in [0.717, 1.165) is 5.56 Å². The van der Waals surface area contributed by atoms with Gasteiger partial charge >= 0.3 is 0 Å². The Morgan fingerprint density at radius 1 is 1.56 bits per heavy atom. The number of halogens is 2. The number of β-amino-alcohol motifs (C(OH)–C–C–N with tert-alkyl or cyclic N) is 1. The van der Waals surface area contributed by atoms with Crippen molar-refractivity contribution < 1.29 is 14.3 Å². The van der Waals surface area contributed by atoms with Gasteiger partial charge in [-0.15, -0.1) is 0 Å². The molecule has 0 bridgehead atoms. The number of carbonyl (C=O) groups excluding carboxylic acids is 1. The van der Waals surface area contributed by atoms with Gasteiger partial charge in [-0.3, -0.25) is 4.79 Å². The summed E-state index contributed by atoms with van der Waals surface area (Å²) in [6, 6.07) is 2.94. The molecule has 0 saturated carbocycles. The second-order valence-corrected chi connectivity index (χ2v) is 4.77. The van der Waals surface area contributed by atoms with E-state index in [2.05, 4.69) is 15.9 Å². The van der Waals surface area contributed by atoms with E-state index in [1.165, 1.54) is 11.0 Å². The molecule has 1 aromatic rings. The normalized spacial score (nSPS) is 20.6. The van der Waals surface area contributed by atoms with E-state index in [1.807, 2.05) is 0 Å². The first kappa shape index (κ1) is 11.5. The van der Waals surface area contributed by atoms with Gasteiger partial charge in [0.15, 0.2) is 0 Å². The molecule has 1 aliphatic heterocycles. The van der Waals surface area contributed by atoms with Crippen LogP contribution >= 0.6 is 15.9 Å². The first-order valence-corrected chi connectivity index (χ1v) is 5.72. The van der Waals surface area contributed by atoms with Crippen LogP contribution in [0.1, 0.15) is 12.0 Å². The van der Waals surface area contributed by atoms with Crippen LogP contribution in [0, 0.1) is 12.7 Å². The van der Waals surface area contributed by atoms with Crippen molar-refractivity contribution in [3.8, 4) is 0 Å². The van der Waals surface area contributed by atoms with Crippen molar-refractivity contribution in [1.29, 1.82) is 0 Å². The van der Waals surface area contributed by atoms with Crippen LogP contribution in [-0.4, -0.2) is 23.7 Å². The molecule has 1 atom stereocenters. The van der Waals surface area contributed by atoms with Crippen molar-refractivity contribution in [2.75, 3.05) is 11.4 Å². The highest BCUT2D eigenvalue weighted by Crippen LogP contribution is 2.29. The molecular formula is C11H11BrFNO2. The summed E-state index contributed by atoms with van der Waals surface area (Å²) >= 11 is 3.09. The molecule has 0 aromatic heterocycles.